The van der Waals surface area contributed by atoms with E-state index in [0.29, 0.717) is 29.9 Å². The van der Waals surface area contributed by atoms with E-state index < -0.39 is 5.97 Å². The molecule has 0 radical (unpaired) electrons. The van der Waals surface area contributed by atoms with E-state index in [9.17, 15) is 9.90 Å². The number of fused-ring (bicyclic) bond motifs is 4. The zero-order valence-corrected chi connectivity index (χ0v) is 24.3. The Labute approximate surface area is 255 Å². The highest BCUT2D eigenvalue weighted by molar-refractivity contribution is 5.89. The zero-order valence-electron chi connectivity index (χ0n) is 24.3. The molecule has 5 N–H and O–H groups in total. The standard InChI is InChI=1S/C34H34N8O2/c35-33-38-34(41-42(33)30-19-24-9-5-8-22-6-1-3-10-28(22)31(24)40-39-30)37-27-17-13-21-12-15-26(16-14-23(21)18-27)36-20-25-7-2-4-11-29(25)32(43)44/h1-4,6-7,10-11,13,17-19,26,36H,5,8-9,12,14-16,20H2,(H,43,44)(H3,35,37,38,41)/t26-/m0/s1. The van der Waals surface area contributed by atoms with Crippen LogP contribution >= 0.6 is 0 Å². The number of aromatic nitrogens is 5. The first-order chi connectivity index (χ1) is 21.5. The molecular formula is C34H34N8O2. The summed E-state index contributed by atoms with van der Waals surface area (Å²) in [4.78, 5) is 16.0. The Morgan fingerprint density at radius 2 is 1.68 bits per heavy atom. The van der Waals surface area contributed by atoms with Crippen LogP contribution in [0.1, 0.15) is 57.4 Å². The molecule has 2 aliphatic rings. The molecule has 44 heavy (non-hydrogen) atoms. The first kappa shape index (κ1) is 27.7. The monoisotopic (exact) mass is 586 g/mol. The van der Waals surface area contributed by atoms with E-state index >= 15 is 0 Å². The molecule has 0 fully saturated rings. The summed E-state index contributed by atoms with van der Waals surface area (Å²) < 4.78 is 1.54. The molecule has 5 aromatic rings. The smallest absolute Gasteiger partial charge is 0.336 e. The Morgan fingerprint density at radius 1 is 0.886 bits per heavy atom. The maximum Gasteiger partial charge on any atom is 0.336 e. The molecule has 2 aliphatic carbocycles. The molecule has 0 unspecified atom stereocenters. The van der Waals surface area contributed by atoms with E-state index in [-0.39, 0.29) is 5.95 Å². The molecule has 2 heterocycles. The van der Waals surface area contributed by atoms with Crippen molar-refractivity contribution in [1.29, 1.82) is 0 Å². The molecule has 3 aromatic carbocycles. The summed E-state index contributed by atoms with van der Waals surface area (Å²) in [6.07, 6.45) is 6.80. The fourth-order valence-corrected chi connectivity index (χ4v) is 6.38. The number of nitrogens with zero attached hydrogens (tertiary/aromatic N) is 5. The average molecular weight is 587 g/mol. The Balaban J connectivity index is 1.03. The summed E-state index contributed by atoms with van der Waals surface area (Å²) in [5.41, 5.74) is 15.5. The number of aryl methyl sites for hydroxylation is 4. The minimum atomic E-state index is -0.894. The van der Waals surface area contributed by atoms with Gasteiger partial charge in [0.05, 0.1) is 11.3 Å². The summed E-state index contributed by atoms with van der Waals surface area (Å²) in [6, 6.07) is 24.2. The van der Waals surface area contributed by atoms with Gasteiger partial charge in [-0.15, -0.1) is 15.3 Å². The number of carbonyl (C=O) groups is 1. The first-order valence-electron chi connectivity index (χ1n) is 15.1. The van der Waals surface area contributed by atoms with Crippen LogP contribution < -0.4 is 16.4 Å². The molecule has 10 nitrogen and oxygen atoms in total. The van der Waals surface area contributed by atoms with Crippen molar-refractivity contribution in [2.45, 2.75) is 57.5 Å². The molecule has 2 aromatic heterocycles. The van der Waals surface area contributed by atoms with Crippen molar-refractivity contribution in [3.05, 3.63) is 106 Å². The number of benzene rings is 3. The molecule has 222 valence electrons. The lowest BCUT2D eigenvalue weighted by Crippen LogP contribution is -2.29. The van der Waals surface area contributed by atoms with Crippen LogP contribution in [0.15, 0.2) is 72.8 Å². The number of carboxylic acid groups (broad SMARTS) is 1. The molecule has 0 saturated carbocycles. The molecule has 0 spiro atoms. The number of anilines is 3. The minimum Gasteiger partial charge on any atom is -0.478 e. The fraction of sp³-hybridized carbons (Fsp3) is 0.265. The Kier molecular flexibility index (Phi) is 7.49. The van der Waals surface area contributed by atoms with Crippen LogP contribution in [-0.4, -0.2) is 42.1 Å². The van der Waals surface area contributed by atoms with Crippen LogP contribution in [0.25, 0.3) is 17.1 Å². The largest absolute Gasteiger partial charge is 0.478 e. The second-order valence-corrected chi connectivity index (χ2v) is 11.5. The first-order valence-corrected chi connectivity index (χ1v) is 15.1. The molecule has 7 rings (SSSR count). The number of nitrogen functional groups attached to an aromatic ring is 1. The highest BCUT2D eigenvalue weighted by atomic mass is 16.4. The number of nitrogens with two attached hydrogens (primary N) is 1. The summed E-state index contributed by atoms with van der Waals surface area (Å²) in [5.74, 6) is 0.292. The second kappa shape index (κ2) is 11.9. The van der Waals surface area contributed by atoms with Crippen LogP contribution in [0.4, 0.5) is 17.6 Å². The van der Waals surface area contributed by atoms with Crippen molar-refractivity contribution >= 4 is 23.6 Å². The Morgan fingerprint density at radius 3 is 2.57 bits per heavy atom. The fourth-order valence-electron chi connectivity index (χ4n) is 6.38. The molecular weight excluding hydrogens is 552 g/mol. The lowest BCUT2D eigenvalue weighted by molar-refractivity contribution is 0.0695. The third-order valence-electron chi connectivity index (χ3n) is 8.69. The average Bonchev–Trinajstić information content (AvgIpc) is 3.18. The lowest BCUT2D eigenvalue weighted by Gasteiger charge is -2.17. The summed E-state index contributed by atoms with van der Waals surface area (Å²) in [7, 11) is 0. The maximum atomic E-state index is 11.6. The lowest BCUT2D eigenvalue weighted by atomic mass is 10.0. The van der Waals surface area contributed by atoms with Crippen molar-refractivity contribution < 1.29 is 9.90 Å². The summed E-state index contributed by atoms with van der Waals surface area (Å²) in [5, 5.41) is 30.1. The van der Waals surface area contributed by atoms with Gasteiger partial charge in [-0.05, 0) is 97.0 Å². The highest BCUT2D eigenvalue weighted by Crippen LogP contribution is 2.31. The van der Waals surface area contributed by atoms with Crippen LogP contribution in [0, 0.1) is 0 Å². The zero-order chi connectivity index (χ0) is 30.0. The molecule has 10 heteroatoms. The van der Waals surface area contributed by atoms with Gasteiger partial charge in [0.25, 0.3) is 0 Å². The van der Waals surface area contributed by atoms with E-state index in [0.717, 1.165) is 73.0 Å². The third kappa shape index (κ3) is 5.63. The van der Waals surface area contributed by atoms with E-state index in [2.05, 4.69) is 61.2 Å². The van der Waals surface area contributed by atoms with Gasteiger partial charge in [0, 0.05) is 23.8 Å². The van der Waals surface area contributed by atoms with Gasteiger partial charge >= 0.3 is 5.97 Å². The van der Waals surface area contributed by atoms with Gasteiger partial charge < -0.3 is 21.5 Å². The van der Waals surface area contributed by atoms with Crippen LogP contribution in [0.3, 0.4) is 0 Å². The quantitative estimate of drug-likeness (QED) is 0.187. The van der Waals surface area contributed by atoms with Crippen LogP contribution in [0.5, 0.6) is 0 Å². The van der Waals surface area contributed by atoms with Gasteiger partial charge in [-0.25, -0.2) is 4.79 Å². The summed E-state index contributed by atoms with van der Waals surface area (Å²) in [6.45, 7) is 0.536. The molecule has 0 bridgehead atoms. The highest BCUT2D eigenvalue weighted by Gasteiger charge is 2.20. The van der Waals surface area contributed by atoms with Crippen LogP contribution in [0.2, 0.25) is 0 Å². The van der Waals surface area contributed by atoms with Gasteiger partial charge in [-0.3, -0.25) is 0 Å². The number of carboxylic acids is 1. The van der Waals surface area contributed by atoms with Crippen LogP contribution in [-0.2, 0) is 32.2 Å². The topological polar surface area (TPSA) is 144 Å². The van der Waals surface area contributed by atoms with Gasteiger partial charge in [-0.1, -0.05) is 48.5 Å². The van der Waals surface area contributed by atoms with E-state index in [1.54, 1.807) is 12.1 Å². The Bertz CT molecular complexity index is 1850. The maximum absolute atomic E-state index is 11.6. The predicted octanol–water partition coefficient (Wildman–Crippen LogP) is 5.27. The van der Waals surface area contributed by atoms with E-state index in [1.807, 2.05) is 30.3 Å². The van der Waals surface area contributed by atoms with Gasteiger partial charge in [0.2, 0.25) is 11.9 Å². The number of aromatic carboxylic acids is 1. The number of rotatable bonds is 7. The van der Waals surface area contributed by atoms with Gasteiger partial charge in [0.15, 0.2) is 5.82 Å². The molecule has 1 atom stereocenters. The van der Waals surface area contributed by atoms with E-state index in [1.165, 1.54) is 21.4 Å². The predicted molar refractivity (Wildman–Crippen MR) is 169 cm³/mol. The van der Waals surface area contributed by atoms with Crippen molar-refractivity contribution in [2.24, 2.45) is 0 Å². The number of nitrogens with one attached hydrogen (secondary N) is 2. The van der Waals surface area contributed by atoms with Gasteiger partial charge in [-0.2, -0.15) is 9.67 Å². The Hall–Kier alpha value is -5.09. The third-order valence-corrected chi connectivity index (χ3v) is 8.69. The number of hydrogen-bond acceptors (Lipinski definition) is 8. The van der Waals surface area contributed by atoms with Crippen molar-refractivity contribution in [2.75, 3.05) is 11.1 Å². The summed E-state index contributed by atoms with van der Waals surface area (Å²) >= 11 is 0. The normalized spacial score (nSPS) is 15.8. The molecule has 0 aliphatic heterocycles. The molecule has 0 saturated heterocycles. The van der Waals surface area contributed by atoms with Crippen molar-refractivity contribution in [3.63, 3.8) is 0 Å². The molecule has 0 amide bonds. The second-order valence-electron chi connectivity index (χ2n) is 11.5. The SMILES string of the molecule is Nc1nc(Nc2ccc3c(c2)CC[C@@H](NCc2ccccc2C(=O)O)CC3)nn1-c1cc2c(nn1)-c1ccccc1CCC2. The van der Waals surface area contributed by atoms with Crippen molar-refractivity contribution in [1.82, 2.24) is 30.3 Å². The minimum absolute atomic E-state index is 0.240. The number of hydrogen-bond donors (Lipinski definition) is 4. The van der Waals surface area contributed by atoms with Crippen molar-refractivity contribution in [3.8, 4) is 17.1 Å². The van der Waals surface area contributed by atoms with Gasteiger partial charge in [0.1, 0.15) is 0 Å². The van der Waals surface area contributed by atoms with E-state index in [4.69, 9.17) is 5.73 Å².